The van der Waals surface area contributed by atoms with Crippen LogP contribution in [0.25, 0.3) is 21.0 Å². The second kappa shape index (κ2) is 4.99. The van der Waals surface area contributed by atoms with Gasteiger partial charge < -0.3 is 10.5 Å². The number of nitrogens with zero attached hydrogens (tertiary/aromatic N) is 2. The average molecular weight is 289 g/mol. The number of thiazole rings is 1. The summed E-state index contributed by atoms with van der Waals surface area (Å²) in [6, 6.07) is 7.99. The molecule has 96 valence electrons. The van der Waals surface area contributed by atoms with Gasteiger partial charge in [-0.2, -0.15) is 0 Å². The van der Waals surface area contributed by atoms with Gasteiger partial charge in [0, 0.05) is 16.5 Å². The highest BCUT2D eigenvalue weighted by Gasteiger charge is 2.11. The molecule has 0 aliphatic carbocycles. The van der Waals surface area contributed by atoms with Crippen molar-refractivity contribution in [3.05, 3.63) is 35.8 Å². The van der Waals surface area contributed by atoms with Crippen LogP contribution >= 0.6 is 22.7 Å². The van der Waals surface area contributed by atoms with Crippen LogP contribution in [0, 0.1) is 0 Å². The van der Waals surface area contributed by atoms with Crippen LogP contribution in [-0.4, -0.2) is 17.1 Å². The highest BCUT2D eigenvalue weighted by atomic mass is 32.1. The molecule has 3 aromatic heterocycles. The summed E-state index contributed by atoms with van der Waals surface area (Å²) in [6.07, 6.45) is 1.72. The van der Waals surface area contributed by atoms with E-state index in [0.717, 1.165) is 21.0 Å². The quantitative estimate of drug-likeness (QED) is 0.801. The van der Waals surface area contributed by atoms with Crippen molar-refractivity contribution in [3.8, 4) is 26.9 Å². The smallest absolute Gasteiger partial charge is 0.221 e. The number of pyridine rings is 1. The van der Waals surface area contributed by atoms with Gasteiger partial charge in [-0.1, -0.05) is 0 Å². The molecule has 0 aliphatic heterocycles. The first-order valence-electron chi connectivity index (χ1n) is 5.58. The number of nitrogen functional groups attached to an aromatic ring is 1. The topological polar surface area (TPSA) is 61.0 Å². The van der Waals surface area contributed by atoms with Gasteiger partial charge in [0.25, 0.3) is 0 Å². The molecule has 6 heteroatoms. The highest BCUT2D eigenvalue weighted by molar-refractivity contribution is 7.19. The van der Waals surface area contributed by atoms with E-state index >= 15 is 0 Å². The molecule has 3 heterocycles. The van der Waals surface area contributed by atoms with Gasteiger partial charge in [-0.3, -0.25) is 0 Å². The molecule has 3 aromatic rings. The molecule has 0 fully saturated rings. The summed E-state index contributed by atoms with van der Waals surface area (Å²) < 4.78 is 5.28. The molecule has 0 atom stereocenters. The Morgan fingerprint density at radius 2 is 2.05 bits per heavy atom. The molecule has 3 rings (SSSR count). The number of ether oxygens (including phenoxy) is 1. The summed E-state index contributed by atoms with van der Waals surface area (Å²) in [4.78, 5) is 10.7. The molecule has 0 aromatic carbocycles. The van der Waals surface area contributed by atoms with Crippen molar-refractivity contribution in [1.29, 1.82) is 0 Å². The number of nitrogens with two attached hydrogens (primary N) is 1. The maximum atomic E-state index is 5.66. The third-order valence-corrected chi connectivity index (χ3v) is 4.43. The number of thiophene rings is 1. The van der Waals surface area contributed by atoms with Crippen molar-refractivity contribution in [2.24, 2.45) is 0 Å². The molecular formula is C13H11N3OS2. The molecular weight excluding hydrogens is 278 g/mol. The predicted octanol–water partition coefficient (Wildman–Crippen LogP) is 3.52. The van der Waals surface area contributed by atoms with Crippen LogP contribution in [0.15, 0.2) is 35.8 Å². The van der Waals surface area contributed by atoms with E-state index in [1.807, 2.05) is 23.6 Å². The number of hydrogen-bond donors (Lipinski definition) is 1. The predicted molar refractivity (Wildman–Crippen MR) is 79.6 cm³/mol. The Bertz CT molecular complexity index is 705. The number of rotatable bonds is 3. The third kappa shape index (κ3) is 2.32. The van der Waals surface area contributed by atoms with E-state index in [4.69, 9.17) is 10.5 Å². The Balaban J connectivity index is 2.01. The van der Waals surface area contributed by atoms with Gasteiger partial charge in [-0.15, -0.1) is 22.7 Å². The molecule has 0 aliphatic rings. The molecule has 0 unspecified atom stereocenters. The van der Waals surface area contributed by atoms with Gasteiger partial charge in [0.15, 0.2) is 5.13 Å². The van der Waals surface area contributed by atoms with Crippen molar-refractivity contribution in [3.63, 3.8) is 0 Å². The minimum Gasteiger partial charge on any atom is -0.481 e. The van der Waals surface area contributed by atoms with Gasteiger partial charge in [0.2, 0.25) is 5.88 Å². The van der Waals surface area contributed by atoms with Crippen LogP contribution in [0.3, 0.4) is 0 Å². The summed E-state index contributed by atoms with van der Waals surface area (Å²) in [5.41, 5.74) is 7.57. The normalized spacial score (nSPS) is 10.6. The summed E-state index contributed by atoms with van der Waals surface area (Å²) in [7, 11) is 1.63. The van der Waals surface area contributed by atoms with E-state index in [1.165, 1.54) is 11.3 Å². The largest absolute Gasteiger partial charge is 0.481 e. The van der Waals surface area contributed by atoms with Crippen molar-refractivity contribution in [1.82, 2.24) is 9.97 Å². The summed E-state index contributed by atoms with van der Waals surface area (Å²) >= 11 is 3.10. The molecule has 0 saturated heterocycles. The molecule has 0 saturated carbocycles. The van der Waals surface area contributed by atoms with Crippen molar-refractivity contribution < 1.29 is 4.74 Å². The summed E-state index contributed by atoms with van der Waals surface area (Å²) in [5.74, 6) is 0.633. The van der Waals surface area contributed by atoms with Gasteiger partial charge in [-0.05, 0) is 24.3 Å². The van der Waals surface area contributed by atoms with Gasteiger partial charge >= 0.3 is 0 Å². The lowest BCUT2D eigenvalue weighted by Gasteiger charge is -2.03. The van der Waals surface area contributed by atoms with Crippen LogP contribution in [0.2, 0.25) is 0 Å². The van der Waals surface area contributed by atoms with Crippen LogP contribution in [0.5, 0.6) is 5.88 Å². The standard InChI is InChI=1S/C13H11N3OS2/c1-17-12-8(3-2-6-15-12)10-4-5-11(19-10)9-7-18-13(14)16-9/h2-7H,1H3,(H2,14,16). The molecule has 0 amide bonds. The zero-order valence-corrected chi connectivity index (χ0v) is 11.8. The summed E-state index contributed by atoms with van der Waals surface area (Å²) in [6.45, 7) is 0. The Morgan fingerprint density at radius 3 is 2.79 bits per heavy atom. The number of hydrogen-bond acceptors (Lipinski definition) is 6. The Labute approximate surface area is 118 Å². The fourth-order valence-corrected chi connectivity index (χ4v) is 3.38. The van der Waals surface area contributed by atoms with E-state index in [0.29, 0.717) is 11.0 Å². The van der Waals surface area contributed by atoms with Crippen molar-refractivity contribution in [2.45, 2.75) is 0 Å². The van der Waals surface area contributed by atoms with Crippen LogP contribution < -0.4 is 10.5 Å². The van der Waals surface area contributed by atoms with Gasteiger partial charge in [0.1, 0.15) is 0 Å². The monoisotopic (exact) mass is 289 g/mol. The molecule has 4 nitrogen and oxygen atoms in total. The Morgan fingerprint density at radius 1 is 1.21 bits per heavy atom. The van der Waals surface area contributed by atoms with Crippen LogP contribution in [0.4, 0.5) is 5.13 Å². The molecule has 0 bridgehead atoms. The minimum absolute atomic E-state index is 0.587. The minimum atomic E-state index is 0.587. The van der Waals surface area contributed by atoms with E-state index in [2.05, 4.69) is 16.0 Å². The molecule has 19 heavy (non-hydrogen) atoms. The lowest BCUT2D eigenvalue weighted by Crippen LogP contribution is -1.88. The van der Waals surface area contributed by atoms with E-state index in [-0.39, 0.29) is 0 Å². The SMILES string of the molecule is COc1ncccc1-c1ccc(-c2csc(N)n2)s1. The molecule has 0 spiro atoms. The number of anilines is 1. The second-order valence-corrected chi connectivity index (χ2v) is 5.77. The van der Waals surface area contributed by atoms with Crippen LogP contribution in [0.1, 0.15) is 0 Å². The lowest BCUT2D eigenvalue weighted by atomic mass is 10.2. The summed E-state index contributed by atoms with van der Waals surface area (Å²) in [5, 5.41) is 2.55. The first-order chi connectivity index (χ1) is 9.28. The first kappa shape index (κ1) is 12.1. The van der Waals surface area contributed by atoms with Crippen molar-refractivity contribution >= 4 is 27.8 Å². The Kier molecular flexibility index (Phi) is 3.18. The zero-order chi connectivity index (χ0) is 13.2. The maximum Gasteiger partial charge on any atom is 0.221 e. The fraction of sp³-hybridized carbons (Fsp3) is 0.0769. The molecule has 0 radical (unpaired) electrons. The van der Waals surface area contributed by atoms with Gasteiger partial charge in [0.05, 0.1) is 23.2 Å². The first-order valence-corrected chi connectivity index (χ1v) is 7.28. The highest BCUT2D eigenvalue weighted by Crippen LogP contribution is 2.37. The van der Waals surface area contributed by atoms with E-state index < -0.39 is 0 Å². The third-order valence-electron chi connectivity index (χ3n) is 2.61. The van der Waals surface area contributed by atoms with E-state index in [9.17, 15) is 0 Å². The number of aromatic nitrogens is 2. The Hall–Kier alpha value is -1.92. The van der Waals surface area contributed by atoms with Crippen LogP contribution in [-0.2, 0) is 0 Å². The zero-order valence-electron chi connectivity index (χ0n) is 10.2. The van der Waals surface area contributed by atoms with Crippen molar-refractivity contribution in [2.75, 3.05) is 12.8 Å². The maximum absolute atomic E-state index is 5.66. The van der Waals surface area contributed by atoms with Gasteiger partial charge in [-0.25, -0.2) is 9.97 Å². The second-order valence-electron chi connectivity index (χ2n) is 3.80. The number of methoxy groups -OCH3 is 1. The lowest BCUT2D eigenvalue weighted by molar-refractivity contribution is 0.400. The van der Waals surface area contributed by atoms with E-state index in [1.54, 1.807) is 24.6 Å². The average Bonchev–Trinajstić information content (AvgIpc) is 3.07. The fourth-order valence-electron chi connectivity index (χ4n) is 1.76. The molecule has 2 N–H and O–H groups in total.